The van der Waals surface area contributed by atoms with E-state index in [0.717, 1.165) is 6.07 Å². The Balaban J connectivity index is 3.23. The molecule has 0 saturated carbocycles. The molecule has 1 rings (SSSR count). The third kappa shape index (κ3) is 2.61. The number of carboxylic acids is 1. The maximum atomic E-state index is 13.7. The number of carbonyl (C=O) groups is 1. The zero-order valence-electron chi connectivity index (χ0n) is 9.41. The van der Waals surface area contributed by atoms with Gasteiger partial charge in [-0.1, -0.05) is 6.08 Å². The summed E-state index contributed by atoms with van der Waals surface area (Å²) in [6, 6.07) is 2.32. The zero-order valence-corrected chi connectivity index (χ0v) is 9.41. The second-order valence-corrected chi connectivity index (χ2v) is 3.39. The summed E-state index contributed by atoms with van der Waals surface area (Å²) in [6.07, 6.45) is 1.56. The molecule has 17 heavy (non-hydrogen) atoms. The number of rotatable bonds is 5. The summed E-state index contributed by atoms with van der Waals surface area (Å²) < 4.78 is 27.1. The Hall–Kier alpha value is -1.91. The molecule has 1 aromatic rings. The van der Waals surface area contributed by atoms with Crippen LogP contribution >= 0.6 is 0 Å². The predicted molar refractivity (Wildman–Crippen MR) is 61.4 cm³/mol. The van der Waals surface area contributed by atoms with Gasteiger partial charge in [0.05, 0.1) is 11.3 Å². The predicted octanol–water partition coefficient (Wildman–Crippen LogP) is 2.68. The van der Waals surface area contributed by atoms with E-state index < -0.39 is 23.2 Å². The number of hydrogen-bond donors (Lipinski definition) is 1. The topological polar surface area (TPSA) is 40.5 Å². The molecule has 0 amide bonds. The summed E-state index contributed by atoms with van der Waals surface area (Å²) in [6.45, 7) is 6.13. The smallest absolute Gasteiger partial charge is 0.338 e. The molecule has 92 valence electrons. The minimum Gasteiger partial charge on any atom is -0.478 e. The van der Waals surface area contributed by atoms with Crippen molar-refractivity contribution in [3.8, 4) is 0 Å². The molecule has 0 atom stereocenters. The largest absolute Gasteiger partial charge is 0.478 e. The second kappa shape index (κ2) is 5.43. The second-order valence-electron chi connectivity index (χ2n) is 3.39. The Morgan fingerprint density at radius 1 is 1.47 bits per heavy atom. The van der Waals surface area contributed by atoms with Gasteiger partial charge in [-0.25, -0.2) is 13.6 Å². The number of aromatic carboxylic acids is 1. The van der Waals surface area contributed by atoms with Gasteiger partial charge in [0.15, 0.2) is 11.6 Å². The van der Waals surface area contributed by atoms with E-state index in [2.05, 4.69) is 6.58 Å². The third-order valence-corrected chi connectivity index (χ3v) is 2.36. The van der Waals surface area contributed by atoms with Crippen LogP contribution in [0.4, 0.5) is 14.5 Å². The summed E-state index contributed by atoms with van der Waals surface area (Å²) in [5, 5.41) is 8.64. The lowest BCUT2D eigenvalue weighted by atomic mass is 10.1. The lowest BCUT2D eigenvalue weighted by molar-refractivity contribution is 0.0690. The normalized spacial score (nSPS) is 10.1. The van der Waals surface area contributed by atoms with E-state index in [9.17, 15) is 13.6 Å². The molecule has 3 nitrogen and oxygen atoms in total. The lowest BCUT2D eigenvalue weighted by Crippen LogP contribution is -2.24. The minimum absolute atomic E-state index is 0.0369. The van der Waals surface area contributed by atoms with E-state index in [1.807, 2.05) is 0 Å². The van der Waals surface area contributed by atoms with E-state index in [4.69, 9.17) is 5.11 Å². The van der Waals surface area contributed by atoms with Crippen LogP contribution in [0.5, 0.6) is 0 Å². The van der Waals surface area contributed by atoms with Gasteiger partial charge in [-0.05, 0) is 19.1 Å². The molecule has 0 heterocycles. The zero-order chi connectivity index (χ0) is 13.0. The van der Waals surface area contributed by atoms with Crippen molar-refractivity contribution in [1.82, 2.24) is 0 Å². The van der Waals surface area contributed by atoms with Crippen molar-refractivity contribution in [2.45, 2.75) is 6.92 Å². The van der Waals surface area contributed by atoms with Crippen LogP contribution in [0.15, 0.2) is 24.8 Å². The summed E-state index contributed by atoms with van der Waals surface area (Å²) in [4.78, 5) is 12.2. The van der Waals surface area contributed by atoms with Crippen molar-refractivity contribution in [3.05, 3.63) is 42.0 Å². The molecule has 0 bridgehead atoms. The first-order valence-electron chi connectivity index (χ1n) is 5.10. The van der Waals surface area contributed by atoms with Gasteiger partial charge >= 0.3 is 5.97 Å². The number of anilines is 1. The summed E-state index contributed by atoms with van der Waals surface area (Å²) in [7, 11) is 0. The molecular formula is C12H13F2NO2. The van der Waals surface area contributed by atoms with Crippen LogP contribution in [0.25, 0.3) is 0 Å². The van der Waals surface area contributed by atoms with Crippen LogP contribution in [0.3, 0.4) is 0 Å². The van der Waals surface area contributed by atoms with Gasteiger partial charge in [0.2, 0.25) is 0 Å². The van der Waals surface area contributed by atoms with Crippen LogP contribution in [0, 0.1) is 11.6 Å². The van der Waals surface area contributed by atoms with Crippen molar-refractivity contribution in [1.29, 1.82) is 0 Å². The Bertz CT molecular complexity index is 446. The minimum atomic E-state index is -1.49. The van der Waals surface area contributed by atoms with Crippen molar-refractivity contribution < 1.29 is 18.7 Å². The first-order valence-corrected chi connectivity index (χ1v) is 5.10. The van der Waals surface area contributed by atoms with Crippen LogP contribution in [-0.2, 0) is 0 Å². The fourth-order valence-electron chi connectivity index (χ4n) is 1.50. The van der Waals surface area contributed by atoms with E-state index in [0.29, 0.717) is 13.1 Å². The van der Waals surface area contributed by atoms with E-state index in [-0.39, 0.29) is 5.69 Å². The molecule has 0 aliphatic carbocycles. The third-order valence-electron chi connectivity index (χ3n) is 2.36. The summed E-state index contributed by atoms with van der Waals surface area (Å²) in [5.41, 5.74) is -0.629. The van der Waals surface area contributed by atoms with Crippen molar-refractivity contribution in [2.24, 2.45) is 0 Å². The van der Waals surface area contributed by atoms with Gasteiger partial charge in [0.1, 0.15) is 0 Å². The highest BCUT2D eigenvalue weighted by molar-refractivity contribution is 5.88. The highest BCUT2D eigenvalue weighted by Gasteiger charge is 2.20. The molecule has 0 aromatic heterocycles. The first-order chi connectivity index (χ1) is 8.02. The van der Waals surface area contributed by atoms with Crippen LogP contribution in [0.1, 0.15) is 17.3 Å². The average molecular weight is 241 g/mol. The van der Waals surface area contributed by atoms with Crippen molar-refractivity contribution in [2.75, 3.05) is 18.0 Å². The Labute approximate surface area is 98.0 Å². The Morgan fingerprint density at radius 2 is 2.12 bits per heavy atom. The molecule has 5 heteroatoms. The SMILES string of the molecule is C=CCN(CC)c1ccc(C(=O)O)c(F)c1F. The van der Waals surface area contributed by atoms with Crippen LogP contribution < -0.4 is 4.90 Å². The number of likely N-dealkylation sites (N-methyl/N-ethyl adjacent to an activating group) is 1. The van der Waals surface area contributed by atoms with Crippen molar-refractivity contribution in [3.63, 3.8) is 0 Å². The van der Waals surface area contributed by atoms with E-state index >= 15 is 0 Å². The molecular weight excluding hydrogens is 228 g/mol. The number of hydrogen-bond acceptors (Lipinski definition) is 2. The van der Waals surface area contributed by atoms with E-state index in [1.165, 1.54) is 6.07 Å². The van der Waals surface area contributed by atoms with Gasteiger partial charge < -0.3 is 10.0 Å². The molecule has 0 unspecified atom stereocenters. The number of halogens is 2. The molecule has 0 fully saturated rings. The molecule has 0 aliphatic rings. The highest BCUT2D eigenvalue weighted by atomic mass is 19.2. The standard InChI is InChI=1S/C12H13F2NO2/c1-3-7-15(4-2)9-6-5-8(12(16)17)10(13)11(9)14/h3,5-6H,1,4,7H2,2H3,(H,16,17). The summed E-state index contributed by atoms with van der Waals surface area (Å²) in [5.74, 6) is -3.97. The lowest BCUT2D eigenvalue weighted by Gasteiger charge is -2.22. The van der Waals surface area contributed by atoms with E-state index in [1.54, 1.807) is 17.9 Å². The number of nitrogens with zero attached hydrogens (tertiary/aromatic N) is 1. The Morgan fingerprint density at radius 3 is 2.59 bits per heavy atom. The van der Waals surface area contributed by atoms with Gasteiger partial charge in [-0.3, -0.25) is 0 Å². The average Bonchev–Trinajstić information content (AvgIpc) is 2.29. The molecule has 0 aliphatic heterocycles. The number of carboxylic acid groups (broad SMARTS) is 1. The Kier molecular flexibility index (Phi) is 4.20. The van der Waals surface area contributed by atoms with Gasteiger partial charge in [0.25, 0.3) is 0 Å². The van der Waals surface area contributed by atoms with Crippen LogP contribution in [0.2, 0.25) is 0 Å². The fourth-order valence-corrected chi connectivity index (χ4v) is 1.50. The molecule has 0 radical (unpaired) electrons. The van der Waals surface area contributed by atoms with Crippen LogP contribution in [-0.4, -0.2) is 24.2 Å². The molecule has 0 saturated heterocycles. The summed E-state index contributed by atoms with van der Waals surface area (Å²) >= 11 is 0. The van der Waals surface area contributed by atoms with Gasteiger partial charge in [-0.2, -0.15) is 0 Å². The maximum absolute atomic E-state index is 13.7. The van der Waals surface area contributed by atoms with Gasteiger partial charge in [0, 0.05) is 13.1 Å². The van der Waals surface area contributed by atoms with Gasteiger partial charge in [-0.15, -0.1) is 6.58 Å². The molecule has 1 aromatic carbocycles. The first kappa shape index (κ1) is 13.2. The monoisotopic (exact) mass is 241 g/mol. The maximum Gasteiger partial charge on any atom is 0.338 e. The molecule has 1 N–H and O–H groups in total. The quantitative estimate of drug-likeness (QED) is 0.806. The van der Waals surface area contributed by atoms with Crippen molar-refractivity contribution >= 4 is 11.7 Å². The fraction of sp³-hybridized carbons (Fsp3) is 0.250. The number of benzene rings is 1. The highest BCUT2D eigenvalue weighted by Crippen LogP contribution is 2.24. The molecule has 0 spiro atoms.